The summed E-state index contributed by atoms with van der Waals surface area (Å²) in [6.07, 6.45) is -7.89. The molecule has 1 radical (unpaired) electrons. The Morgan fingerprint density at radius 2 is 1.53 bits per heavy atom. The summed E-state index contributed by atoms with van der Waals surface area (Å²) in [5.74, 6) is 0.443. The zero-order valence-corrected chi connectivity index (χ0v) is 29.4. The Hall–Kier alpha value is -1.34. The van der Waals surface area contributed by atoms with Crippen molar-refractivity contribution in [2.45, 2.75) is 70.0 Å². The molecule has 3 saturated heterocycles. The van der Waals surface area contributed by atoms with Crippen molar-refractivity contribution in [1.82, 2.24) is 39.0 Å². The van der Waals surface area contributed by atoms with E-state index in [1.54, 1.807) is 20.8 Å². The molecule has 1 N–H and O–H groups in total. The normalized spacial score (nSPS) is 35.8. The third-order valence-electron chi connectivity index (χ3n) is 7.59. The Bertz CT molecular complexity index is 1820. The number of rotatable bonds is 2. The standard InChI is InChI=1S/C23H26F2N8O8P2S.Y/c1-9-16-20(27-6-26-9)32(7-28-16)23-15(25)19-12(38-23)4-36-42(34)40-18-13(5-37-43(35,44)41-19)39-22(14(18)24)33-8-29-17-10(2)30-11(3)31-21(17)33;/h6-8,12-15,18-19,22-23,42H,4-5H2,1-3H3,(H,35,44);/t12-,13-,14-,15-,18-,19-,22?,23-,43?;/m1./s1. The third-order valence-corrected chi connectivity index (χ3v) is 10.0. The van der Waals surface area contributed by atoms with Gasteiger partial charge in [-0.2, -0.15) is 0 Å². The number of nitrogens with zero attached hydrogens (tertiary/aromatic N) is 8. The molecule has 3 aliphatic heterocycles. The van der Waals surface area contributed by atoms with Crippen molar-refractivity contribution in [3.05, 3.63) is 36.2 Å². The second-order valence-corrected chi connectivity index (χ2v) is 14.3. The fraction of sp³-hybridized carbons (Fsp3) is 0.565. The summed E-state index contributed by atoms with van der Waals surface area (Å²) >= 11 is 5.19. The van der Waals surface area contributed by atoms with Gasteiger partial charge in [0, 0.05) is 32.7 Å². The van der Waals surface area contributed by atoms with Crippen LogP contribution in [0.3, 0.4) is 0 Å². The minimum atomic E-state index is -4.18. The molecule has 0 saturated carbocycles. The largest absolute Gasteiger partial charge is 0.346 e. The molecule has 0 spiro atoms. The molecular weight excluding hydrogens is 737 g/mol. The maximum Gasteiger partial charge on any atom is 0.325 e. The smallest absolute Gasteiger partial charge is 0.325 e. The topological polar surface area (TPSA) is 180 Å². The van der Waals surface area contributed by atoms with Crippen LogP contribution in [0.4, 0.5) is 8.78 Å². The molecule has 0 aliphatic carbocycles. The van der Waals surface area contributed by atoms with Crippen molar-refractivity contribution in [2.24, 2.45) is 0 Å². The minimum Gasteiger partial charge on any atom is -0.346 e. The van der Waals surface area contributed by atoms with Crippen LogP contribution in [0.2, 0.25) is 0 Å². The van der Waals surface area contributed by atoms with Gasteiger partial charge >= 0.3 is 15.0 Å². The van der Waals surface area contributed by atoms with E-state index >= 15 is 8.78 Å². The van der Waals surface area contributed by atoms with Gasteiger partial charge in [-0.05, 0) is 32.6 Å². The minimum absolute atomic E-state index is 0. The molecular formula is C23H26F2N8O8P2SY. The maximum absolute atomic E-state index is 16.0. The summed E-state index contributed by atoms with van der Waals surface area (Å²) in [5, 5.41) is 0. The van der Waals surface area contributed by atoms with Gasteiger partial charge in [-0.15, -0.1) is 0 Å². The number of ether oxygens (including phenoxy) is 2. The SMILES string of the molecule is Cc1nc(C)c2ncn(C3O[C@@H]4COP(O)(=S)O[C@H]5[C@@H](F)[C@H](n6cnc7c(C)ncnc76)O[C@@H]5CO[PH](=O)O[C@H]4[C@H]3F)c2n1.[Y]. The van der Waals surface area contributed by atoms with Gasteiger partial charge in [0.05, 0.1) is 37.3 Å². The fourth-order valence-corrected chi connectivity index (χ4v) is 7.86. The summed E-state index contributed by atoms with van der Waals surface area (Å²) in [4.78, 5) is 36.3. The summed E-state index contributed by atoms with van der Waals surface area (Å²) in [5.41, 5.74) is 2.67. The second kappa shape index (κ2) is 12.9. The van der Waals surface area contributed by atoms with Crippen molar-refractivity contribution >= 4 is 49.1 Å². The van der Waals surface area contributed by atoms with Crippen LogP contribution in [0.15, 0.2) is 19.0 Å². The Labute approximate surface area is 284 Å². The van der Waals surface area contributed by atoms with E-state index in [2.05, 4.69) is 29.9 Å². The van der Waals surface area contributed by atoms with Crippen LogP contribution in [0.5, 0.6) is 0 Å². The van der Waals surface area contributed by atoms with Gasteiger partial charge in [0.25, 0.3) is 0 Å². The number of hydrogen-bond acceptors (Lipinski definition) is 14. The average Bonchev–Trinajstić information content (AvgIpc) is 3.72. The van der Waals surface area contributed by atoms with Crippen LogP contribution >= 0.6 is 15.0 Å². The van der Waals surface area contributed by atoms with E-state index in [1.807, 2.05) is 0 Å². The van der Waals surface area contributed by atoms with Crippen LogP contribution in [0.1, 0.15) is 29.7 Å². The van der Waals surface area contributed by atoms with Gasteiger partial charge in [0.2, 0.25) is 0 Å². The van der Waals surface area contributed by atoms with Gasteiger partial charge in [-0.25, -0.2) is 38.7 Å². The van der Waals surface area contributed by atoms with E-state index in [1.165, 1.54) is 28.1 Å². The van der Waals surface area contributed by atoms with E-state index < -0.39 is 77.4 Å². The predicted molar refractivity (Wildman–Crippen MR) is 150 cm³/mol. The number of fused-ring (bicyclic) bond motifs is 4. The number of imidazole rings is 2. The molecule has 3 fully saturated rings. The Morgan fingerprint density at radius 3 is 2.24 bits per heavy atom. The Morgan fingerprint density at radius 1 is 0.911 bits per heavy atom. The molecule has 0 bridgehead atoms. The molecule has 239 valence electrons. The molecule has 7 rings (SSSR count). The van der Waals surface area contributed by atoms with Crippen molar-refractivity contribution < 1.29 is 78.5 Å². The monoisotopic (exact) mass is 763 g/mol. The van der Waals surface area contributed by atoms with Gasteiger partial charge in [0.1, 0.15) is 47.6 Å². The van der Waals surface area contributed by atoms with E-state index in [9.17, 15) is 9.46 Å². The number of hydrogen-bond donors (Lipinski definition) is 1. The molecule has 10 atom stereocenters. The zero-order valence-electron chi connectivity index (χ0n) is 23.8. The average molecular weight is 763 g/mol. The number of aryl methyl sites for hydroxylation is 3. The van der Waals surface area contributed by atoms with E-state index in [0.717, 1.165) is 0 Å². The van der Waals surface area contributed by atoms with Gasteiger partial charge in [-0.1, -0.05) is 0 Å². The number of halogens is 2. The fourth-order valence-electron chi connectivity index (χ4n) is 5.55. The Kier molecular flexibility index (Phi) is 9.65. The van der Waals surface area contributed by atoms with Crippen LogP contribution in [-0.4, -0.2) is 93.9 Å². The zero-order chi connectivity index (χ0) is 30.9. The summed E-state index contributed by atoms with van der Waals surface area (Å²) < 4.78 is 81.4. The van der Waals surface area contributed by atoms with Gasteiger partial charge < -0.3 is 27.9 Å². The van der Waals surface area contributed by atoms with E-state index in [-0.39, 0.29) is 32.7 Å². The van der Waals surface area contributed by atoms with Crippen molar-refractivity contribution in [3.63, 3.8) is 0 Å². The Balaban J connectivity index is 0.00000357. The number of aromatic nitrogens is 8. The third kappa shape index (κ3) is 6.20. The van der Waals surface area contributed by atoms with Crippen molar-refractivity contribution in [3.8, 4) is 0 Å². The summed E-state index contributed by atoms with van der Waals surface area (Å²) in [6.45, 7) is -0.0692. The van der Waals surface area contributed by atoms with Gasteiger partial charge in [-0.3, -0.25) is 18.2 Å². The molecule has 0 aromatic carbocycles. The molecule has 45 heavy (non-hydrogen) atoms. The maximum atomic E-state index is 16.0. The first-order valence-electron chi connectivity index (χ1n) is 13.4. The second-order valence-electron chi connectivity index (χ2n) is 10.5. The van der Waals surface area contributed by atoms with Crippen molar-refractivity contribution in [1.29, 1.82) is 0 Å². The molecule has 4 aromatic heterocycles. The molecule has 3 unspecified atom stereocenters. The predicted octanol–water partition coefficient (Wildman–Crippen LogP) is 2.48. The van der Waals surface area contributed by atoms with E-state index in [0.29, 0.717) is 39.5 Å². The molecule has 7 heterocycles. The van der Waals surface area contributed by atoms with Crippen LogP contribution in [-0.2, 0) is 76.6 Å². The van der Waals surface area contributed by atoms with Gasteiger partial charge in [0.15, 0.2) is 36.1 Å². The van der Waals surface area contributed by atoms with Crippen molar-refractivity contribution in [2.75, 3.05) is 13.2 Å². The quantitative estimate of drug-likeness (QED) is 0.294. The first-order valence-corrected chi connectivity index (χ1v) is 17.2. The van der Waals surface area contributed by atoms with E-state index in [4.69, 9.17) is 39.4 Å². The molecule has 3 aliphatic rings. The molecule has 16 nitrogen and oxygen atoms in total. The molecule has 22 heteroatoms. The van der Waals surface area contributed by atoms with Crippen LogP contribution in [0, 0.1) is 20.8 Å². The molecule has 4 aromatic rings. The van der Waals surface area contributed by atoms with Crippen LogP contribution in [0.25, 0.3) is 22.3 Å². The summed E-state index contributed by atoms with van der Waals surface area (Å²) in [7, 11) is -3.40. The molecule has 0 amide bonds. The number of alkyl halides is 2. The summed E-state index contributed by atoms with van der Waals surface area (Å²) in [6, 6.07) is 0. The first-order chi connectivity index (χ1) is 21.0. The first kappa shape index (κ1) is 33.6. The van der Waals surface area contributed by atoms with Crippen LogP contribution < -0.4 is 0 Å².